The van der Waals surface area contributed by atoms with Gasteiger partial charge in [0.05, 0.1) is 6.04 Å². The Kier molecular flexibility index (Phi) is 6.93. The fourth-order valence-electron chi connectivity index (χ4n) is 4.09. The maximum atomic E-state index is 13.6. The highest BCUT2D eigenvalue weighted by Gasteiger charge is 2.35. The van der Waals surface area contributed by atoms with Crippen molar-refractivity contribution < 1.29 is 18.7 Å². The molecule has 1 aliphatic heterocycles. The maximum Gasteiger partial charge on any atom is 0.318 e. The number of ether oxygens (including phenoxy) is 1. The van der Waals surface area contributed by atoms with E-state index >= 15 is 0 Å². The minimum absolute atomic E-state index is 0.0361. The standard InChI is InChI=1S/C25H32FN3O3S/c1-25(2,3)27-24(31)28(14-17-7-8-17)15-23(30)29-11-9-22-20(10-12-33-22)21(29)16-32-19-6-4-5-18(26)13-19/h4-6,10,12-13,17,21H,7-9,11,14-16H2,1-3H3,(H,27,31)/t21-/m0/s1. The fourth-order valence-corrected chi connectivity index (χ4v) is 5.02. The van der Waals surface area contributed by atoms with Gasteiger partial charge in [0.15, 0.2) is 0 Å². The van der Waals surface area contributed by atoms with Gasteiger partial charge in [0, 0.05) is 29.6 Å². The molecule has 0 saturated heterocycles. The van der Waals surface area contributed by atoms with Gasteiger partial charge in [0.25, 0.3) is 0 Å². The van der Waals surface area contributed by atoms with Crippen LogP contribution in [0.4, 0.5) is 9.18 Å². The number of carbonyl (C=O) groups is 2. The minimum Gasteiger partial charge on any atom is -0.491 e. The summed E-state index contributed by atoms with van der Waals surface area (Å²) in [5.74, 6) is 0.454. The van der Waals surface area contributed by atoms with Crippen LogP contribution in [0.25, 0.3) is 0 Å². The monoisotopic (exact) mass is 473 g/mol. The van der Waals surface area contributed by atoms with Crippen molar-refractivity contribution in [1.82, 2.24) is 15.1 Å². The van der Waals surface area contributed by atoms with Gasteiger partial charge in [0.1, 0.15) is 24.7 Å². The Balaban J connectivity index is 1.49. The second kappa shape index (κ2) is 9.71. The summed E-state index contributed by atoms with van der Waals surface area (Å²) in [6.45, 7) is 7.24. The molecule has 1 fully saturated rings. The lowest BCUT2D eigenvalue weighted by atomic mass is 10.0. The predicted molar refractivity (Wildman–Crippen MR) is 127 cm³/mol. The third kappa shape index (κ3) is 6.25. The molecule has 1 saturated carbocycles. The molecule has 1 aliphatic carbocycles. The average Bonchev–Trinajstić information content (AvgIpc) is 3.43. The highest BCUT2D eigenvalue weighted by atomic mass is 32.1. The van der Waals surface area contributed by atoms with E-state index in [-0.39, 0.29) is 42.5 Å². The predicted octanol–water partition coefficient (Wildman–Crippen LogP) is 4.61. The van der Waals surface area contributed by atoms with Crippen molar-refractivity contribution in [3.8, 4) is 5.75 Å². The minimum atomic E-state index is -0.375. The molecular weight excluding hydrogens is 441 g/mol. The van der Waals surface area contributed by atoms with Crippen LogP contribution in [0, 0.1) is 11.7 Å². The molecular formula is C25H32FN3O3S. The van der Waals surface area contributed by atoms with Crippen LogP contribution in [-0.2, 0) is 11.2 Å². The molecule has 3 amide bonds. The summed E-state index contributed by atoms with van der Waals surface area (Å²) in [7, 11) is 0. The van der Waals surface area contributed by atoms with Gasteiger partial charge in [-0.3, -0.25) is 4.79 Å². The maximum absolute atomic E-state index is 13.6. The average molecular weight is 474 g/mol. The van der Waals surface area contributed by atoms with E-state index in [1.807, 2.05) is 37.1 Å². The summed E-state index contributed by atoms with van der Waals surface area (Å²) in [5.41, 5.74) is 0.698. The number of halogens is 1. The van der Waals surface area contributed by atoms with Crippen LogP contribution in [0.3, 0.4) is 0 Å². The Morgan fingerprint density at radius 2 is 2.06 bits per heavy atom. The second-order valence-corrected chi connectivity index (χ2v) is 10.9. The number of carbonyl (C=O) groups excluding carboxylic acids is 2. The third-order valence-electron chi connectivity index (χ3n) is 5.89. The molecule has 1 aromatic heterocycles. The summed E-state index contributed by atoms with van der Waals surface area (Å²) < 4.78 is 19.5. The molecule has 8 heteroatoms. The zero-order chi connectivity index (χ0) is 23.6. The van der Waals surface area contributed by atoms with Crippen LogP contribution in [-0.4, -0.2) is 53.5 Å². The normalized spacial score (nSPS) is 17.9. The van der Waals surface area contributed by atoms with Crippen molar-refractivity contribution in [1.29, 1.82) is 0 Å². The molecule has 0 bridgehead atoms. The van der Waals surface area contributed by atoms with Crippen LogP contribution < -0.4 is 10.1 Å². The van der Waals surface area contributed by atoms with Crippen molar-refractivity contribution in [2.75, 3.05) is 26.2 Å². The molecule has 33 heavy (non-hydrogen) atoms. The molecule has 2 aromatic rings. The molecule has 0 spiro atoms. The summed E-state index contributed by atoms with van der Waals surface area (Å²) in [6.07, 6.45) is 2.98. The number of fused-ring (bicyclic) bond motifs is 1. The van der Waals surface area contributed by atoms with Crippen LogP contribution >= 0.6 is 11.3 Å². The van der Waals surface area contributed by atoms with E-state index < -0.39 is 0 Å². The van der Waals surface area contributed by atoms with Gasteiger partial charge in [-0.25, -0.2) is 9.18 Å². The Morgan fingerprint density at radius 1 is 1.27 bits per heavy atom. The van der Waals surface area contributed by atoms with E-state index in [0.29, 0.717) is 24.8 Å². The van der Waals surface area contributed by atoms with E-state index in [9.17, 15) is 14.0 Å². The van der Waals surface area contributed by atoms with Gasteiger partial charge in [-0.05, 0) is 75.1 Å². The number of hydrogen-bond donors (Lipinski definition) is 1. The number of nitrogens with one attached hydrogen (secondary N) is 1. The molecule has 6 nitrogen and oxygen atoms in total. The van der Waals surface area contributed by atoms with Crippen molar-refractivity contribution in [3.05, 3.63) is 52.0 Å². The topological polar surface area (TPSA) is 61.9 Å². The van der Waals surface area contributed by atoms with E-state index in [0.717, 1.165) is 24.8 Å². The number of urea groups is 1. The molecule has 1 aromatic carbocycles. The molecule has 2 heterocycles. The quantitative estimate of drug-likeness (QED) is 0.639. The second-order valence-electron chi connectivity index (χ2n) is 9.92. The highest BCUT2D eigenvalue weighted by Crippen LogP contribution is 2.34. The number of thiophene rings is 1. The summed E-state index contributed by atoms with van der Waals surface area (Å²) in [4.78, 5) is 31.1. The number of benzene rings is 1. The lowest BCUT2D eigenvalue weighted by molar-refractivity contribution is -0.135. The summed E-state index contributed by atoms with van der Waals surface area (Å²) in [5, 5.41) is 5.02. The van der Waals surface area contributed by atoms with E-state index in [2.05, 4.69) is 5.32 Å². The first-order valence-corrected chi connectivity index (χ1v) is 12.4. The first kappa shape index (κ1) is 23.5. The molecule has 1 atom stereocenters. The highest BCUT2D eigenvalue weighted by molar-refractivity contribution is 7.10. The Hall–Kier alpha value is -2.61. The van der Waals surface area contributed by atoms with Crippen molar-refractivity contribution >= 4 is 23.3 Å². The van der Waals surface area contributed by atoms with Crippen molar-refractivity contribution in [2.24, 2.45) is 5.92 Å². The number of rotatable bonds is 7. The lowest BCUT2D eigenvalue weighted by Gasteiger charge is -2.37. The number of amides is 3. The lowest BCUT2D eigenvalue weighted by Crippen LogP contribution is -2.53. The zero-order valence-electron chi connectivity index (χ0n) is 19.5. The smallest absolute Gasteiger partial charge is 0.318 e. The van der Waals surface area contributed by atoms with Crippen LogP contribution in [0.1, 0.15) is 50.1 Å². The Morgan fingerprint density at radius 3 is 2.76 bits per heavy atom. The Bertz CT molecular complexity index is 999. The summed E-state index contributed by atoms with van der Waals surface area (Å²) in [6, 6.07) is 7.59. The van der Waals surface area contributed by atoms with Crippen LogP contribution in [0.15, 0.2) is 35.7 Å². The molecule has 2 aliphatic rings. The van der Waals surface area contributed by atoms with Gasteiger partial charge < -0.3 is 19.9 Å². The molecule has 4 rings (SSSR count). The van der Waals surface area contributed by atoms with Gasteiger partial charge in [-0.15, -0.1) is 11.3 Å². The first-order chi connectivity index (χ1) is 15.7. The fraction of sp³-hybridized carbons (Fsp3) is 0.520. The molecule has 0 unspecified atom stereocenters. The van der Waals surface area contributed by atoms with E-state index in [1.54, 1.807) is 28.4 Å². The number of hydrogen-bond acceptors (Lipinski definition) is 4. The molecule has 178 valence electrons. The largest absolute Gasteiger partial charge is 0.491 e. The van der Waals surface area contributed by atoms with Crippen molar-refractivity contribution in [3.63, 3.8) is 0 Å². The van der Waals surface area contributed by atoms with Gasteiger partial charge in [-0.2, -0.15) is 0 Å². The van der Waals surface area contributed by atoms with Crippen molar-refractivity contribution in [2.45, 2.75) is 51.6 Å². The van der Waals surface area contributed by atoms with E-state index in [4.69, 9.17) is 4.74 Å². The summed E-state index contributed by atoms with van der Waals surface area (Å²) >= 11 is 1.68. The van der Waals surface area contributed by atoms with Gasteiger partial charge in [-0.1, -0.05) is 6.07 Å². The molecule has 0 radical (unpaired) electrons. The van der Waals surface area contributed by atoms with Crippen LogP contribution in [0.5, 0.6) is 5.75 Å². The van der Waals surface area contributed by atoms with Gasteiger partial charge in [0.2, 0.25) is 5.91 Å². The first-order valence-electron chi connectivity index (χ1n) is 11.5. The number of nitrogens with zero attached hydrogens (tertiary/aromatic N) is 2. The Labute approximate surface area is 198 Å². The molecule has 1 N–H and O–H groups in total. The SMILES string of the molecule is CC(C)(C)NC(=O)N(CC(=O)N1CCc2sccc2[C@@H]1COc1cccc(F)c1)CC1CC1. The van der Waals surface area contributed by atoms with Gasteiger partial charge >= 0.3 is 6.03 Å². The zero-order valence-corrected chi connectivity index (χ0v) is 20.3. The third-order valence-corrected chi connectivity index (χ3v) is 6.89. The van der Waals surface area contributed by atoms with Crippen LogP contribution in [0.2, 0.25) is 0 Å². The van der Waals surface area contributed by atoms with E-state index in [1.165, 1.54) is 17.0 Å².